The molecule has 5 heteroatoms. The summed E-state index contributed by atoms with van der Waals surface area (Å²) in [7, 11) is 1.68. The Hall–Kier alpha value is -1.91. The van der Waals surface area contributed by atoms with Gasteiger partial charge >= 0.3 is 5.97 Å². The Kier molecular flexibility index (Phi) is 3.60. The highest BCUT2D eigenvalue weighted by atomic mass is 16.4. The molecule has 1 aromatic rings. The fourth-order valence-electron chi connectivity index (χ4n) is 2.49. The zero-order valence-corrected chi connectivity index (χ0v) is 10.2. The van der Waals surface area contributed by atoms with Gasteiger partial charge in [-0.25, -0.2) is 0 Å². The number of hydrogen-bond acceptors (Lipinski definition) is 3. The van der Waals surface area contributed by atoms with Gasteiger partial charge in [0.2, 0.25) is 5.91 Å². The number of carboxylic acid groups (broad SMARTS) is 1. The molecule has 1 fully saturated rings. The van der Waals surface area contributed by atoms with Gasteiger partial charge in [0, 0.05) is 25.1 Å². The van der Waals surface area contributed by atoms with Crippen molar-refractivity contribution >= 4 is 17.6 Å². The van der Waals surface area contributed by atoms with E-state index in [1.165, 1.54) is 4.90 Å². The fourth-order valence-corrected chi connectivity index (χ4v) is 2.49. The molecule has 5 nitrogen and oxygen atoms in total. The van der Waals surface area contributed by atoms with Crippen LogP contribution in [0.4, 0.5) is 5.69 Å². The summed E-state index contributed by atoms with van der Waals surface area (Å²) < 4.78 is 0. The Bertz CT molecular complexity index is 447. The van der Waals surface area contributed by atoms with Crippen molar-refractivity contribution in [3.8, 4) is 0 Å². The van der Waals surface area contributed by atoms with E-state index >= 15 is 0 Å². The molecule has 1 aliphatic rings. The highest BCUT2D eigenvalue weighted by Crippen LogP contribution is 2.33. The Morgan fingerprint density at radius 1 is 1.28 bits per heavy atom. The second-order valence-corrected chi connectivity index (χ2v) is 4.58. The number of carboxylic acids is 1. The number of amides is 1. The third-order valence-electron chi connectivity index (χ3n) is 3.53. The quantitative estimate of drug-likeness (QED) is 0.881. The van der Waals surface area contributed by atoms with E-state index < -0.39 is 17.8 Å². The number of rotatable bonds is 3. The lowest BCUT2D eigenvalue weighted by Crippen LogP contribution is -2.36. The monoisotopic (exact) mass is 248 g/mol. The molecule has 0 aliphatic heterocycles. The summed E-state index contributed by atoms with van der Waals surface area (Å²) in [5, 5.41) is 9.10. The molecule has 96 valence electrons. The topological polar surface area (TPSA) is 70.5 Å². The van der Waals surface area contributed by atoms with E-state index in [2.05, 4.69) is 4.98 Å². The Labute approximate surface area is 105 Å². The Morgan fingerprint density at radius 3 is 2.50 bits per heavy atom. The van der Waals surface area contributed by atoms with Gasteiger partial charge < -0.3 is 10.0 Å². The summed E-state index contributed by atoms with van der Waals surface area (Å²) in [6.07, 6.45) is 5.28. The molecule has 18 heavy (non-hydrogen) atoms. The van der Waals surface area contributed by atoms with Crippen LogP contribution in [-0.2, 0) is 9.59 Å². The SMILES string of the molecule is CN(C(=O)C1CCCC1C(=O)O)c1ccncc1. The van der Waals surface area contributed by atoms with Crippen molar-refractivity contribution in [3.05, 3.63) is 24.5 Å². The summed E-state index contributed by atoms with van der Waals surface area (Å²) in [6, 6.07) is 3.48. The van der Waals surface area contributed by atoms with Crippen molar-refractivity contribution in [1.82, 2.24) is 4.98 Å². The number of anilines is 1. The van der Waals surface area contributed by atoms with E-state index in [1.807, 2.05) is 0 Å². The molecule has 2 rings (SSSR count). The third-order valence-corrected chi connectivity index (χ3v) is 3.53. The number of pyridine rings is 1. The summed E-state index contributed by atoms with van der Waals surface area (Å²) in [4.78, 5) is 28.8. The van der Waals surface area contributed by atoms with Crippen LogP contribution < -0.4 is 4.90 Å². The summed E-state index contributed by atoms with van der Waals surface area (Å²) >= 11 is 0. The lowest BCUT2D eigenvalue weighted by Gasteiger charge is -2.23. The average Bonchev–Trinajstić information content (AvgIpc) is 2.87. The average molecular weight is 248 g/mol. The standard InChI is InChI=1S/C13H16N2O3/c1-15(9-5-7-14-8-6-9)12(16)10-3-2-4-11(10)13(17)18/h5-8,10-11H,2-4H2,1H3,(H,17,18). The minimum atomic E-state index is -0.867. The lowest BCUT2D eigenvalue weighted by molar-refractivity contribution is -0.145. The minimum Gasteiger partial charge on any atom is -0.481 e. The highest BCUT2D eigenvalue weighted by Gasteiger charge is 2.39. The van der Waals surface area contributed by atoms with Crippen LogP contribution in [0.3, 0.4) is 0 Å². The first-order valence-corrected chi connectivity index (χ1v) is 6.01. The van der Waals surface area contributed by atoms with Crippen LogP contribution >= 0.6 is 0 Å². The van der Waals surface area contributed by atoms with Crippen molar-refractivity contribution in [2.75, 3.05) is 11.9 Å². The van der Waals surface area contributed by atoms with Crippen molar-refractivity contribution in [1.29, 1.82) is 0 Å². The minimum absolute atomic E-state index is 0.119. The van der Waals surface area contributed by atoms with Crippen LogP contribution in [0.5, 0.6) is 0 Å². The molecule has 1 aliphatic carbocycles. The Balaban J connectivity index is 2.14. The van der Waals surface area contributed by atoms with E-state index in [0.717, 1.165) is 12.1 Å². The summed E-state index contributed by atoms with van der Waals surface area (Å²) in [5.74, 6) is -1.93. The van der Waals surface area contributed by atoms with Gasteiger partial charge in [-0.3, -0.25) is 14.6 Å². The van der Waals surface area contributed by atoms with Crippen LogP contribution in [0, 0.1) is 11.8 Å². The van der Waals surface area contributed by atoms with Gasteiger partial charge in [0.15, 0.2) is 0 Å². The van der Waals surface area contributed by atoms with Gasteiger partial charge in [-0.05, 0) is 25.0 Å². The fraction of sp³-hybridized carbons (Fsp3) is 0.462. The maximum atomic E-state index is 12.3. The van der Waals surface area contributed by atoms with Gasteiger partial charge in [0.05, 0.1) is 11.8 Å². The molecule has 0 aromatic carbocycles. The third kappa shape index (κ3) is 2.34. The first-order chi connectivity index (χ1) is 8.61. The molecule has 1 heterocycles. The van der Waals surface area contributed by atoms with Gasteiger partial charge in [-0.15, -0.1) is 0 Å². The zero-order valence-electron chi connectivity index (χ0n) is 10.2. The normalized spacial score (nSPS) is 22.7. The maximum Gasteiger partial charge on any atom is 0.307 e. The summed E-state index contributed by atoms with van der Waals surface area (Å²) in [5.41, 5.74) is 0.742. The number of aliphatic carboxylic acids is 1. The molecule has 0 bridgehead atoms. The highest BCUT2D eigenvalue weighted by molar-refractivity contribution is 5.97. The first kappa shape index (κ1) is 12.5. The number of nitrogens with zero attached hydrogens (tertiary/aromatic N) is 2. The zero-order chi connectivity index (χ0) is 13.1. The molecule has 2 unspecified atom stereocenters. The van der Waals surface area contributed by atoms with Gasteiger partial charge in [0.1, 0.15) is 0 Å². The molecule has 0 saturated heterocycles. The van der Waals surface area contributed by atoms with E-state index in [0.29, 0.717) is 12.8 Å². The predicted octanol–water partition coefficient (Wildman–Crippen LogP) is 1.55. The van der Waals surface area contributed by atoms with Crippen LogP contribution in [0.15, 0.2) is 24.5 Å². The van der Waals surface area contributed by atoms with Crippen LogP contribution in [0.2, 0.25) is 0 Å². The predicted molar refractivity (Wildman–Crippen MR) is 66.1 cm³/mol. The molecule has 0 radical (unpaired) electrons. The first-order valence-electron chi connectivity index (χ1n) is 6.01. The van der Waals surface area contributed by atoms with Crippen LogP contribution in [-0.4, -0.2) is 29.0 Å². The number of aromatic nitrogens is 1. The number of hydrogen-bond donors (Lipinski definition) is 1. The van der Waals surface area contributed by atoms with Gasteiger partial charge in [-0.2, -0.15) is 0 Å². The smallest absolute Gasteiger partial charge is 0.307 e. The molecular weight excluding hydrogens is 232 g/mol. The van der Waals surface area contributed by atoms with Crippen LogP contribution in [0.1, 0.15) is 19.3 Å². The van der Waals surface area contributed by atoms with Crippen molar-refractivity contribution in [3.63, 3.8) is 0 Å². The number of carbonyl (C=O) groups excluding carboxylic acids is 1. The van der Waals surface area contributed by atoms with E-state index in [1.54, 1.807) is 31.6 Å². The summed E-state index contributed by atoms with van der Waals surface area (Å²) in [6.45, 7) is 0. The largest absolute Gasteiger partial charge is 0.481 e. The molecule has 1 saturated carbocycles. The lowest BCUT2D eigenvalue weighted by atomic mass is 9.95. The Morgan fingerprint density at radius 2 is 1.89 bits per heavy atom. The molecule has 1 aromatic heterocycles. The molecule has 2 atom stereocenters. The molecular formula is C13H16N2O3. The second-order valence-electron chi connectivity index (χ2n) is 4.58. The van der Waals surface area contributed by atoms with E-state index in [4.69, 9.17) is 5.11 Å². The molecule has 1 amide bonds. The van der Waals surface area contributed by atoms with Crippen LogP contribution in [0.25, 0.3) is 0 Å². The van der Waals surface area contributed by atoms with E-state index in [-0.39, 0.29) is 5.91 Å². The van der Waals surface area contributed by atoms with Crippen molar-refractivity contribution < 1.29 is 14.7 Å². The van der Waals surface area contributed by atoms with Gasteiger partial charge in [-0.1, -0.05) is 6.42 Å². The van der Waals surface area contributed by atoms with Gasteiger partial charge in [0.25, 0.3) is 0 Å². The molecule has 1 N–H and O–H groups in total. The van der Waals surface area contributed by atoms with Crippen molar-refractivity contribution in [2.24, 2.45) is 11.8 Å². The van der Waals surface area contributed by atoms with E-state index in [9.17, 15) is 9.59 Å². The maximum absolute atomic E-state index is 12.3. The van der Waals surface area contributed by atoms with Crippen molar-refractivity contribution in [2.45, 2.75) is 19.3 Å². The second kappa shape index (κ2) is 5.16. The molecule has 0 spiro atoms. The number of carbonyl (C=O) groups is 2.